The van der Waals surface area contributed by atoms with E-state index in [1.165, 1.54) is 91.9 Å². The minimum Gasteiger partial charge on any atom is -0.373 e. The van der Waals surface area contributed by atoms with Gasteiger partial charge in [0, 0.05) is 86.1 Å². The quantitative estimate of drug-likeness (QED) is 0.0598. The van der Waals surface area contributed by atoms with E-state index in [2.05, 4.69) is 250 Å². The van der Waals surface area contributed by atoms with E-state index >= 15 is 0 Å². The van der Waals surface area contributed by atoms with Crippen LogP contribution < -0.4 is 43.4 Å². The molecule has 2 spiro atoms. The number of fused-ring (bicyclic) bond motifs is 4. The molecule has 0 aromatic heterocycles. The lowest BCUT2D eigenvalue weighted by molar-refractivity contribution is -0.121. The lowest BCUT2D eigenvalue weighted by Crippen LogP contribution is -2.48. The van der Waals surface area contributed by atoms with E-state index in [9.17, 15) is 52.8 Å². The molecule has 7 aliphatic heterocycles. The molecular weight excluding hydrogens is 1700 g/mol. The van der Waals surface area contributed by atoms with Crippen LogP contribution >= 0.6 is 0 Å². The van der Waals surface area contributed by atoms with E-state index in [1.54, 1.807) is 35.4 Å². The largest absolute Gasteiger partial charge is 0.373 e. The zero-order chi connectivity index (χ0) is 94.3. The number of likely N-dealkylation sites (tertiary alicyclic amines) is 2. The van der Waals surface area contributed by atoms with Crippen molar-refractivity contribution in [1.29, 1.82) is 0 Å². The molecule has 7 N–H and O–H groups in total. The predicted octanol–water partition coefficient (Wildman–Crippen LogP) is 16.0. The van der Waals surface area contributed by atoms with Gasteiger partial charge in [0.05, 0.1) is 23.9 Å². The van der Waals surface area contributed by atoms with Crippen LogP contribution in [0.5, 0.6) is 0 Å². The summed E-state index contributed by atoms with van der Waals surface area (Å²) in [5.41, 5.74) is 19.7. The third kappa shape index (κ3) is 27.6. The number of carbonyl (C=O) groups is 4. The van der Waals surface area contributed by atoms with Gasteiger partial charge in [-0.15, -0.1) is 0 Å². The highest BCUT2D eigenvalue weighted by atomic mass is 32.2. The van der Waals surface area contributed by atoms with Crippen molar-refractivity contribution >= 4 is 81.5 Å². The van der Waals surface area contributed by atoms with Gasteiger partial charge in [-0.05, 0) is 211 Å². The zero-order valence-electron chi connectivity index (χ0n) is 78.9. The number of hydrogen-bond donors (Lipinski definition) is 7. The molecule has 8 aromatic carbocycles. The summed E-state index contributed by atoms with van der Waals surface area (Å²) < 4.78 is 105. The minimum atomic E-state index is -3.73. The fourth-order valence-electron chi connectivity index (χ4n) is 17.4. The van der Waals surface area contributed by atoms with Gasteiger partial charge in [0.2, 0.25) is 37.8 Å². The van der Waals surface area contributed by atoms with Crippen molar-refractivity contribution < 1.29 is 52.8 Å². The Morgan fingerprint density at radius 1 is 0.426 bits per heavy atom. The average Bonchev–Trinajstić information content (AvgIpc) is 1.61. The van der Waals surface area contributed by atoms with Gasteiger partial charge in [0.25, 0.3) is 5.91 Å². The standard InChI is InChI=1S/C25H35N3.C25H32N2.C14H19NO3S.C13H18N2O3S.C13H17NO3S.C12H16N2O3S/c1-24(2,3)26-17-20-9-11-21(12-10-20)18-28-15-13-25(14-16-28)19-27(4)23-8-6-5-7-22(23)25;1-24(2,3)26-18-20-8-10-21(11-9-20)19-27-16-14-25(15-17-27)13-12-22-6-4-5-7-23(22)25;1-14(2,3)12-6-4-5-10(7-12)11-8-13(16)15-19(17,18)9-11;1-13(2,3)10-6-4-5-9(7-10)11-8-12(16)15-19(17,18)14-11;1-13(2,3)10-6-4-5-9(7-10)11-8-12(15)14-18(11,16)17;1-12(2,3)9-5-4-6-10(7-9)14-8-11(15)13-18(14,16)17/h5-12,26H,13-19H2,1-4H3;4-13,26H,14-19H2,1-3H3;4-7,11H,8-9H2,1-3H3,(H,15,16);4-7,11,14H,8H2,1-3H3,(H,15,16);4-7,11H,8H2,1-3H3,(H,14,15);4-7H,8H2,1-3H3,(H,13,15). The molecule has 3 unspecified atom stereocenters. The molecule has 129 heavy (non-hydrogen) atoms. The molecular formula is C102H137N11O12S4. The van der Waals surface area contributed by atoms with Gasteiger partial charge in [-0.2, -0.15) is 21.6 Å². The second-order valence-electron chi connectivity index (χ2n) is 42.0. The number of anilines is 2. The minimum absolute atomic E-state index is 0.00576. The first-order chi connectivity index (χ1) is 60.0. The Bertz CT molecular complexity index is 5610. The maximum absolute atomic E-state index is 11.8. The van der Waals surface area contributed by atoms with Crippen molar-refractivity contribution in [3.8, 4) is 0 Å². The Morgan fingerprint density at radius 2 is 0.868 bits per heavy atom. The molecule has 3 atom stereocenters. The average molecular weight is 1840 g/mol. The lowest BCUT2D eigenvalue weighted by atomic mass is 9.74. The number of nitrogens with zero attached hydrogens (tertiary/aromatic N) is 4. The number of rotatable bonds is 12. The van der Waals surface area contributed by atoms with Crippen LogP contribution in [0, 0.1) is 0 Å². The first kappa shape index (κ1) is 100. The van der Waals surface area contributed by atoms with Crippen molar-refractivity contribution in [1.82, 2.24) is 44.0 Å². The molecule has 696 valence electrons. The van der Waals surface area contributed by atoms with E-state index in [0.717, 1.165) is 63.9 Å². The van der Waals surface area contributed by atoms with E-state index in [0.29, 0.717) is 16.7 Å². The lowest BCUT2D eigenvalue weighted by Gasteiger charge is -2.40. The molecule has 7 heterocycles. The Hall–Kier alpha value is -9.42. The maximum atomic E-state index is 11.8. The summed E-state index contributed by atoms with van der Waals surface area (Å²) in [5.74, 6) is -2.10. The van der Waals surface area contributed by atoms with Gasteiger partial charge in [0.1, 0.15) is 11.8 Å². The van der Waals surface area contributed by atoms with E-state index in [4.69, 9.17) is 0 Å². The number of nitrogens with one attached hydrogen (secondary N) is 7. The van der Waals surface area contributed by atoms with Crippen LogP contribution in [0.1, 0.15) is 265 Å². The third-order valence-corrected chi connectivity index (χ3v) is 30.5. The third-order valence-electron chi connectivity index (χ3n) is 25.0. The van der Waals surface area contributed by atoms with Crippen LogP contribution in [0.2, 0.25) is 0 Å². The second kappa shape index (κ2) is 39.9. The SMILES string of the molecule is CC(C)(C)NCc1ccc(CN2CCC3(C=Cc4ccccc43)CC2)cc1.CC(C)(C)c1cccc(C2CC(=O)NS(=O)(=O)C2)c1.CC(C)(C)c1cccc(C2CC(=O)NS(=O)(=O)N2)c1.CC(C)(C)c1cccc(C2CC(=O)NS2(=O)=O)c1.CC(C)(C)c1cccc(N2CC(=O)NS2(=O)=O)c1.CN1CC2(CCN(Cc3ccc(CNC(C)(C)C)cc3)CC2)c2ccccc21. The molecule has 8 aliphatic rings. The van der Waals surface area contributed by atoms with Crippen molar-refractivity contribution in [2.75, 3.05) is 61.3 Å². The molecule has 0 radical (unpaired) electrons. The van der Waals surface area contributed by atoms with E-state index in [1.807, 2.05) is 112 Å². The second-order valence-corrected chi connectivity index (χ2v) is 48.6. The molecule has 4 amide bonds. The highest BCUT2D eigenvalue weighted by Gasteiger charge is 2.45. The fraction of sp³-hybridized carbons (Fsp3) is 0.471. The normalized spacial score (nSPS) is 20.7. The monoisotopic (exact) mass is 1840 g/mol. The number of benzene rings is 8. The Balaban J connectivity index is 0.000000151. The van der Waals surface area contributed by atoms with E-state index in [-0.39, 0.29) is 75.6 Å². The Labute approximate surface area is 769 Å². The number of hydrogen-bond acceptors (Lipinski definition) is 17. The van der Waals surface area contributed by atoms with Gasteiger partial charge in [0.15, 0.2) is 0 Å². The van der Waals surface area contributed by atoms with Crippen LogP contribution in [-0.2, 0) is 118 Å². The molecule has 16 rings (SSSR count). The summed E-state index contributed by atoms with van der Waals surface area (Å²) in [7, 11) is -12.2. The van der Waals surface area contributed by atoms with Crippen molar-refractivity contribution in [2.24, 2.45) is 0 Å². The molecule has 0 saturated carbocycles. The molecule has 1 aliphatic carbocycles. The topological polar surface area (TPSA) is 302 Å². The van der Waals surface area contributed by atoms with Gasteiger partial charge in [-0.3, -0.25) is 38.4 Å². The summed E-state index contributed by atoms with van der Waals surface area (Å²) in [6, 6.07) is 66.0. The first-order valence-electron chi connectivity index (χ1n) is 44.9. The smallest absolute Gasteiger partial charge is 0.326 e. The predicted molar refractivity (Wildman–Crippen MR) is 520 cm³/mol. The zero-order valence-corrected chi connectivity index (χ0v) is 82.2. The van der Waals surface area contributed by atoms with E-state index < -0.39 is 75.4 Å². The van der Waals surface area contributed by atoms with Gasteiger partial charge < -0.3 is 15.5 Å². The number of sulfonamides is 2. The van der Waals surface area contributed by atoms with Crippen LogP contribution in [-0.4, -0.2) is 130 Å². The Kier molecular flexibility index (Phi) is 31.0. The summed E-state index contributed by atoms with van der Waals surface area (Å²) in [5, 5.41) is 6.37. The summed E-state index contributed by atoms with van der Waals surface area (Å²) in [6.45, 7) is 48.0. The molecule has 6 saturated heterocycles. The van der Waals surface area contributed by atoms with Crippen LogP contribution in [0.15, 0.2) is 200 Å². The fourth-order valence-corrected chi connectivity index (χ4v) is 22.3. The van der Waals surface area contributed by atoms with Crippen LogP contribution in [0.3, 0.4) is 0 Å². The highest BCUT2D eigenvalue weighted by molar-refractivity contribution is 7.92. The number of amides is 4. The molecule has 27 heteroatoms. The maximum Gasteiger partial charge on any atom is 0.326 e. The molecule has 0 bridgehead atoms. The van der Waals surface area contributed by atoms with Gasteiger partial charge in [-0.1, -0.05) is 271 Å². The van der Waals surface area contributed by atoms with Gasteiger partial charge >= 0.3 is 20.4 Å². The summed E-state index contributed by atoms with van der Waals surface area (Å²) in [4.78, 5) is 53.0. The summed E-state index contributed by atoms with van der Waals surface area (Å²) in [6.07, 6.45) is 10.1. The van der Waals surface area contributed by atoms with Crippen LogP contribution in [0.25, 0.3) is 6.08 Å². The number of likely N-dealkylation sites (N-methyl/N-ethyl adjacent to an activating group) is 1. The number of allylic oxidation sites excluding steroid dienone is 1. The van der Waals surface area contributed by atoms with Crippen molar-refractivity contribution in [2.45, 2.75) is 257 Å². The number of para-hydroxylation sites is 1. The first-order valence-corrected chi connectivity index (χ1v) is 51.0. The molecule has 6 fully saturated rings. The number of piperidine rings is 2. The van der Waals surface area contributed by atoms with Gasteiger partial charge in [-0.25, -0.2) is 30.6 Å². The van der Waals surface area contributed by atoms with Crippen molar-refractivity contribution in [3.63, 3.8) is 0 Å². The Morgan fingerprint density at radius 3 is 1.35 bits per heavy atom. The summed E-state index contributed by atoms with van der Waals surface area (Å²) >= 11 is 0. The number of carbonyl (C=O) groups excluding carboxylic acids is 4. The van der Waals surface area contributed by atoms with Crippen molar-refractivity contribution in [3.05, 3.63) is 278 Å². The van der Waals surface area contributed by atoms with Crippen LogP contribution in [0.4, 0.5) is 11.4 Å². The molecule has 23 nitrogen and oxygen atoms in total. The molecule has 8 aromatic rings. The highest BCUT2D eigenvalue weighted by Crippen LogP contribution is 2.48.